The Hall–Kier alpha value is -0.810. The van der Waals surface area contributed by atoms with E-state index in [4.69, 9.17) is 5.26 Å². The summed E-state index contributed by atoms with van der Waals surface area (Å²) in [6, 6.07) is 2.32. The SMILES string of the molecule is C=CCN1CCCC(C#N)C1. The maximum Gasteiger partial charge on any atom is 0.0669 e. The average molecular weight is 150 g/mol. The highest BCUT2D eigenvalue weighted by Gasteiger charge is 2.17. The first-order chi connectivity index (χ1) is 5.36. The molecule has 1 rings (SSSR count). The van der Waals surface area contributed by atoms with Crippen molar-refractivity contribution in [2.45, 2.75) is 12.8 Å². The van der Waals surface area contributed by atoms with Gasteiger partial charge in [-0.2, -0.15) is 5.26 Å². The average Bonchev–Trinajstić information content (AvgIpc) is 2.06. The van der Waals surface area contributed by atoms with E-state index in [1.54, 1.807) is 0 Å². The summed E-state index contributed by atoms with van der Waals surface area (Å²) in [4.78, 5) is 2.28. The molecule has 11 heavy (non-hydrogen) atoms. The minimum Gasteiger partial charge on any atom is -0.298 e. The van der Waals surface area contributed by atoms with E-state index in [2.05, 4.69) is 17.5 Å². The number of hydrogen-bond donors (Lipinski definition) is 0. The molecule has 1 aliphatic heterocycles. The largest absolute Gasteiger partial charge is 0.298 e. The minimum absolute atomic E-state index is 0.253. The summed E-state index contributed by atoms with van der Waals surface area (Å²) in [5, 5.41) is 8.67. The molecule has 0 aromatic heterocycles. The lowest BCUT2D eigenvalue weighted by Crippen LogP contribution is -2.34. The molecule has 0 N–H and O–H groups in total. The molecule has 0 spiro atoms. The Kier molecular flexibility index (Phi) is 3.13. The van der Waals surface area contributed by atoms with Gasteiger partial charge in [0.15, 0.2) is 0 Å². The van der Waals surface area contributed by atoms with Gasteiger partial charge in [0, 0.05) is 13.1 Å². The molecule has 2 heteroatoms. The van der Waals surface area contributed by atoms with Crippen LogP contribution in [0.25, 0.3) is 0 Å². The molecule has 0 aliphatic carbocycles. The van der Waals surface area contributed by atoms with Crippen LogP contribution in [0.1, 0.15) is 12.8 Å². The fourth-order valence-electron chi connectivity index (χ4n) is 1.51. The smallest absolute Gasteiger partial charge is 0.0669 e. The van der Waals surface area contributed by atoms with Crippen molar-refractivity contribution in [2.75, 3.05) is 19.6 Å². The van der Waals surface area contributed by atoms with Crippen molar-refractivity contribution in [3.8, 4) is 6.07 Å². The molecule has 1 atom stereocenters. The van der Waals surface area contributed by atoms with E-state index in [0.717, 1.165) is 32.5 Å². The van der Waals surface area contributed by atoms with Crippen molar-refractivity contribution in [3.63, 3.8) is 0 Å². The van der Waals surface area contributed by atoms with E-state index in [-0.39, 0.29) is 5.92 Å². The highest BCUT2D eigenvalue weighted by molar-refractivity contribution is 4.89. The first-order valence-corrected chi connectivity index (χ1v) is 4.09. The van der Waals surface area contributed by atoms with Crippen molar-refractivity contribution in [3.05, 3.63) is 12.7 Å². The second kappa shape index (κ2) is 4.15. The molecule has 1 saturated heterocycles. The van der Waals surface area contributed by atoms with Crippen molar-refractivity contribution in [1.82, 2.24) is 4.90 Å². The summed E-state index contributed by atoms with van der Waals surface area (Å²) in [6.45, 7) is 6.67. The lowest BCUT2D eigenvalue weighted by Gasteiger charge is -2.28. The molecule has 1 fully saturated rings. The van der Waals surface area contributed by atoms with Crippen molar-refractivity contribution >= 4 is 0 Å². The molecular weight excluding hydrogens is 136 g/mol. The van der Waals surface area contributed by atoms with Crippen LogP contribution in [0.2, 0.25) is 0 Å². The zero-order valence-corrected chi connectivity index (χ0v) is 6.79. The van der Waals surface area contributed by atoms with Crippen LogP contribution in [0.15, 0.2) is 12.7 Å². The zero-order valence-electron chi connectivity index (χ0n) is 6.79. The standard InChI is InChI=1S/C9H14N2/c1-2-5-11-6-3-4-9(7-10)8-11/h2,9H,1,3-6,8H2. The maximum atomic E-state index is 8.67. The third-order valence-electron chi connectivity index (χ3n) is 2.08. The van der Waals surface area contributed by atoms with Crippen LogP contribution in [0.3, 0.4) is 0 Å². The molecule has 0 amide bonds. The number of piperidine rings is 1. The van der Waals surface area contributed by atoms with Gasteiger partial charge in [0.2, 0.25) is 0 Å². The first kappa shape index (κ1) is 8.29. The van der Waals surface area contributed by atoms with Gasteiger partial charge in [-0.1, -0.05) is 6.08 Å². The Morgan fingerprint density at radius 1 is 1.73 bits per heavy atom. The summed E-state index contributed by atoms with van der Waals surface area (Å²) in [7, 11) is 0. The lowest BCUT2D eigenvalue weighted by molar-refractivity contribution is 0.219. The van der Waals surface area contributed by atoms with Gasteiger partial charge in [0.25, 0.3) is 0 Å². The molecular formula is C9H14N2. The monoisotopic (exact) mass is 150 g/mol. The highest BCUT2D eigenvalue weighted by atomic mass is 15.1. The third kappa shape index (κ3) is 2.36. The Morgan fingerprint density at radius 3 is 3.18 bits per heavy atom. The predicted molar refractivity (Wildman–Crippen MR) is 45.0 cm³/mol. The molecule has 1 unspecified atom stereocenters. The Labute approximate surface area is 68.1 Å². The quantitative estimate of drug-likeness (QED) is 0.556. The Morgan fingerprint density at radius 2 is 2.55 bits per heavy atom. The summed E-state index contributed by atoms with van der Waals surface area (Å²) >= 11 is 0. The molecule has 2 nitrogen and oxygen atoms in total. The summed E-state index contributed by atoms with van der Waals surface area (Å²) < 4.78 is 0. The molecule has 0 aromatic carbocycles. The van der Waals surface area contributed by atoms with Gasteiger partial charge in [-0.3, -0.25) is 4.90 Å². The fourth-order valence-corrected chi connectivity index (χ4v) is 1.51. The Bertz CT molecular complexity index is 169. The van der Waals surface area contributed by atoms with Crippen LogP contribution in [0.5, 0.6) is 0 Å². The maximum absolute atomic E-state index is 8.67. The molecule has 0 radical (unpaired) electrons. The van der Waals surface area contributed by atoms with Crippen molar-refractivity contribution < 1.29 is 0 Å². The molecule has 1 heterocycles. The fraction of sp³-hybridized carbons (Fsp3) is 0.667. The van der Waals surface area contributed by atoms with Gasteiger partial charge in [0.1, 0.15) is 0 Å². The molecule has 0 bridgehead atoms. The van der Waals surface area contributed by atoms with Crippen LogP contribution >= 0.6 is 0 Å². The van der Waals surface area contributed by atoms with Crippen molar-refractivity contribution in [1.29, 1.82) is 5.26 Å². The van der Waals surface area contributed by atoms with E-state index >= 15 is 0 Å². The van der Waals surface area contributed by atoms with E-state index in [1.807, 2.05) is 6.08 Å². The lowest BCUT2D eigenvalue weighted by atomic mass is 10.00. The summed E-state index contributed by atoms with van der Waals surface area (Å²) in [5.74, 6) is 0.253. The van der Waals surface area contributed by atoms with Gasteiger partial charge >= 0.3 is 0 Å². The molecule has 0 aromatic rings. The number of hydrogen-bond acceptors (Lipinski definition) is 2. The summed E-state index contributed by atoms with van der Waals surface area (Å²) in [6.07, 6.45) is 4.13. The second-order valence-corrected chi connectivity index (χ2v) is 3.02. The van der Waals surface area contributed by atoms with Crippen LogP contribution in [0.4, 0.5) is 0 Å². The molecule has 60 valence electrons. The van der Waals surface area contributed by atoms with E-state index in [9.17, 15) is 0 Å². The van der Waals surface area contributed by atoms with Crippen molar-refractivity contribution in [2.24, 2.45) is 5.92 Å². The van der Waals surface area contributed by atoms with E-state index in [0.29, 0.717) is 0 Å². The van der Waals surface area contributed by atoms with E-state index < -0.39 is 0 Å². The van der Waals surface area contributed by atoms with Gasteiger partial charge in [-0.25, -0.2) is 0 Å². The molecule has 1 aliphatic rings. The molecule has 0 saturated carbocycles. The van der Waals surface area contributed by atoms with Gasteiger partial charge in [-0.05, 0) is 19.4 Å². The minimum atomic E-state index is 0.253. The van der Waals surface area contributed by atoms with Gasteiger partial charge in [0.05, 0.1) is 12.0 Å². The van der Waals surface area contributed by atoms with Crippen LogP contribution < -0.4 is 0 Å². The third-order valence-corrected chi connectivity index (χ3v) is 2.08. The van der Waals surface area contributed by atoms with E-state index in [1.165, 1.54) is 0 Å². The number of likely N-dealkylation sites (tertiary alicyclic amines) is 1. The normalized spacial score (nSPS) is 25.9. The second-order valence-electron chi connectivity index (χ2n) is 3.02. The van der Waals surface area contributed by atoms with Crippen LogP contribution in [-0.2, 0) is 0 Å². The highest BCUT2D eigenvalue weighted by Crippen LogP contribution is 2.14. The topological polar surface area (TPSA) is 27.0 Å². The number of nitriles is 1. The summed E-state index contributed by atoms with van der Waals surface area (Å²) in [5.41, 5.74) is 0. The predicted octanol–water partition coefficient (Wildman–Crippen LogP) is 1.41. The zero-order chi connectivity index (χ0) is 8.10. The van der Waals surface area contributed by atoms with Crippen LogP contribution in [0, 0.1) is 17.2 Å². The van der Waals surface area contributed by atoms with Crippen LogP contribution in [-0.4, -0.2) is 24.5 Å². The van der Waals surface area contributed by atoms with Gasteiger partial charge in [-0.15, -0.1) is 6.58 Å². The van der Waals surface area contributed by atoms with Gasteiger partial charge < -0.3 is 0 Å². The first-order valence-electron chi connectivity index (χ1n) is 4.09. The Balaban J connectivity index is 2.34. The number of nitrogens with zero attached hydrogens (tertiary/aromatic N) is 2. The number of rotatable bonds is 2.